The molecule has 0 unspecified atom stereocenters. The topological polar surface area (TPSA) is 46.6 Å². The van der Waals surface area contributed by atoms with Crippen molar-refractivity contribution in [3.63, 3.8) is 0 Å². The Balaban J connectivity index is 1.55. The highest BCUT2D eigenvalue weighted by Gasteiger charge is 2.30. The number of esters is 1. The minimum atomic E-state index is -0.501. The van der Waals surface area contributed by atoms with Crippen LogP contribution in [-0.4, -0.2) is 23.3 Å². The van der Waals surface area contributed by atoms with Gasteiger partial charge < -0.3 is 9.64 Å². The number of ether oxygens (including phenoxy) is 1. The average Bonchev–Trinajstić information content (AvgIpc) is 2.84. The molecule has 0 aromatic heterocycles. The van der Waals surface area contributed by atoms with Gasteiger partial charge in [0.1, 0.15) is 12.4 Å². The second-order valence-corrected chi connectivity index (χ2v) is 6.51. The zero-order chi connectivity index (χ0) is 18.0. The summed E-state index contributed by atoms with van der Waals surface area (Å²) in [5.74, 6) is -1.12. The molecule has 6 heteroatoms. The van der Waals surface area contributed by atoms with Crippen molar-refractivity contribution in [2.24, 2.45) is 0 Å². The molecule has 0 saturated carbocycles. The number of amides is 1. The number of rotatable bonds is 5. The van der Waals surface area contributed by atoms with Crippen molar-refractivity contribution in [1.29, 1.82) is 0 Å². The molecule has 25 heavy (non-hydrogen) atoms. The Bertz CT molecular complexity index is 830. The van der Waals surface area contributed by atoms with Gasteiger partial charge in [0.25, 0.3) is 5.91 Å². The normalized spacial score (nSPS) is 13.1. The first-order valence-corrected chi connectivity index (χ1v) is 8.46. The van der Waals surface area contributed by atoms with E-state index < -0.39 is 11.8 Å². The van der Waals surface area contributed by atoms with Gasteiger partial charge in [-0.25, -0.2) is 4.39 Å². The minimum absolute atomic E-state index is 0.0108. The highest BCUT2D eigenvalue weighted by Crippen LogP contribution is 2.31. The van der Waals surface area contributed by atoms with Crippen molar-refractivity contribution in [3.8, 4) is 0 Å². The van der Waals surface area contributed by atoms with E-state index in [2.05, 4.69) is 22.5 Å². The summed E-state index contributed by atoms with van der Waals surface area (Å²) in [6.45, 7) is 3.95. The summed E-state index contributed by atoms with van der Waals surface area (Å²) in [5.41, 5.74) is 2.23. The smallest absolute Gasteiger partial charge is 0.307 e. The van der Waals surface area contributed by atoms with E-state index in [9.17, 15) is 14.0 Å². The third-order valence-corrected chi connectivity index (χ3v) is 4.48. The maximum absolute atomic E-state index is 13.7. The van der Waals surface area contributed by atoms with E-state index in [1.807, 2.05) is 12.1 Å². The van der Waals surface area contributed by atoms with Crippen LogP contribution in [-0.2, 0) is 16.1 Å². The molecule has 128 valence electrons. The van der Waals surface area contributed by atoms with Crippen LogP contribution in [0.25, 0.3) is 5.70 Å². The lowest BCUT2D eigenvalue weighted by Gasteiger charge is -2.16. The average molecular weight is 404 g/mol. The molecule has 0 fully saturated rings. The van der Waals surface area contributed by atoms with Gasteiger partial charge in [0.2, 0.25) is 0 Å². The van der Waals surface area contributed by atoms with Gasteiger partial charge in [0, 0.05) is 33.4 Å². The van der Waals surface area contributed by atoms with Gasteiger partial charge in [0.15, 0.2) is 0 Å². The third-order valence-electron chi connectivity index (χ3n) is 3.98. The van der Waals surface area contributed by atoms with Gasteiger partial charge in [-0.15, -0.1) is 0 Å². The number of halogens is 2. The SMILES string of the molecule is C=C1c2ccccc2C(=O)N1CCC(=O)OCc1ccc(Br)cc1F. The number of carbonyl (C=O) groups is 2. The first-order valence-electron chi connectivity index (χ1n) is 7.67. The quantitative estimate of drug-likeness (QED) is 0.704. The molecule has 2 aromatic carbocycles. The Morgan fingerprint density at radius 2 is 1.92 bits per heavy atom. The molecular formula is C19H15BrFNO3. The number of fused-ring (bicyclic) bond motifs is 1. The lowest BCUT2D eigenvalue weighted by Crippen LogP contribution is -2.26. The van der Waals surface area contributed by atoms with Crippen molar-refractivity contribution < 1.29 is 18.7 Å². The minimum Gasteiger partial charge on any atom is -0.461 e. The van der Waals surface area contributed by atoms with Gasteiger partial charge in [-0.2, -0.15) is 0 Å². The largest absolute Gasteiger partial charge is 0.461 e. The molecule has 0 aliphatic carbocycles. The summed E-state index contributed by atoms with van der Waals surface area (Å²) in [7, 11) is 0. The van der Waals surface area contributed by atoms with E-state index in [1.165, 1.54) is 11.0 Å². The maximum Gasteiger partial charge on any atom is 0.307 e. The summed E-state index contributed by atoms with van der Waals surface area (Å²) in [5, 5.41) is 0. The van der Waals surface area contributed by atoms with Gasteiger partial charge in [-0.05, 0) is 18.2 Å². The van der Waals surface area contributed by atoms with Gasteiger partial charge in [-0.3, -0.25) is 9.59 Å². The summed E-state index contributed by atoms with van der Waals surface area (Å²) in [6, 6.07) is 11.7. The van der Waals surface area contributed by atoms with Gasteiger partial charge in [0.05, 0.1) is 6.42 Å². The molecule has 1 aliphatic heterocycles. The lowest BCUT2D eigenvalue weighted by atomic mass is 10.1. The number of hydrogen-bond donors (Lipinski definition) is 0. The monoisotopic (exact) mass is 403 g/mol. The van der Waals surface area contributed by atoms with Crippen LogP contribution in [0, 0.1) is 5.82 Å². The summed E-state index contributed by atoms with van der Waals surface area (Å²) < 4.78 is 19.4. The number of hydrogen-bond acceptors (Lipinski definition) is 3. The van der Waals surface area contributed by atoms with Crippen molar-refractivity contribution in [1.82, 2.24) is 4.90 Å². The van der Waals surface area contributed by atoms with Gasteiger partial charge in [-0.1, -0.05) is 46.8 Å². The molecule has 4 nitrogen and oxygen atoms in total. The summed E-state index contributed by atoms with van der Waals surface area (Å²) in [6.07, 6.45) is 0.0108. The molecule has 3 rings (SSSR count). The zero-order valence-corrected chi connectivity index (χ0v) is 14.9. The number of nitrogens with zero attached hydrogens (tertiary/aromatic N) is 1. The van der Waals surface area contributed by atoms with Crippen LogP contribution < -0.4 is 0 Å². The lowest BCUT2D eigenvalue weighted by molar-refractivity contribution is -0.145. The van der Waals surface area contributed by atoms with E-state index in [0.29, 0.717) is 21.3 Å². The second kappa shape index (κ2) is 7.19. The van der Waals surface area contributed by atoms with Crippen LogP contribution in [0.15, 0.2) is 53.5 Å². The van der Waals surface area contributed by atoms with Crippen molar-refractivity contribution in [2.45, 2.75) is 13.0 Å². The van der Waals surface area contributed by atoms with E-state index in [0.717, 1.165) is 5.56 Å². The van der Waals surface area contributed by atoms with Crippen LogP contribution in [0.1, 0.15) is 27.9 Å². The molecule has 2 aromatic rings. The highest BCUT2D eigenvalue weighted by atomic mass is 79.9. The van der Waals surface area contributed by atoms with Crippen LogP contribution >= 0.6 is 15.9 Å². The Morgan fingerprint density at radius 1 is 1.20 bits per heavy atom. The molecule has 0 saturated heterocycles. The van der Waals surface area contributed by atoms with Crippen LogP contribution in [0.5, 0.6) is 0 Å². The predicted molar refractivity (Wildman–Crippen MR) is 95.0 cm³/mol. The summed E-state index contributed by atoms with van der Waals surface area (Å²) >= 11 is 3.17. The van der Waals surface area contributed by atoms with E-state index >= 15 is 0 Å². The maximum atomic E-state index is 13.7. The Kier molecular flexibility index (Phi) is 4.99. The Morgan fingerprint density at radius 3 is 2.60 bits per heavy atom. The predicted octanol–water partition coefficient (Wildman–Crippen LogP) is 4.15. The molecule has 0 N–H and O–H groups in total. The Labute approximate surface area is 153 Å². The molecule has 1 amide bonds. The summed E-state index contributed by atoms with van der Waals surface area (Å²) in [4.78, 5) is 25.7. The second-order valence-electron chi connectivity index (χ2n) is 5.60. The third kappa shape index (κ3) is 3.64. The molecule has 1 heterocycles. The van der Waals surface area contributed by atoms with E-state index in [4.69, 9.17) is 4.74 Å². The van der Waals surface area contributed by atoms with Crippen molar-refractivity contribution >= 4 is 33.5 Å². The van der Waals surface area contributed by atoms with E-state index in [1.54, 1.807) is 24.3 Å². The molecule has 0 spiro atoms. The van der Waals surface area contributed by atoms with Gasteiger partial charge >= 0.3 is 5.97 Å². The number of carbonyl (C=O) groups excluding carboxylic acids is 2. The highest BCUT2D eigenvalue weighted by molar-refractivity contribution is 9.10. The first-order chi connectivity index (χ1) is 12.0. The Hall–Kier alpha value is -2.47. The fourth-order valence-electron chi connectivity index (χ4n) is 2.64. The van der Waals surface area contributed by atoms with Crippen LogP contribution in [0.3, 0.4) is 0 Å². The fourth-order valence-corrected chi connectivity index (χ4v) is 2.98. The van der Waals surface area contributed by atoms with E-state index in [-0.39, 0.29) is 25.5 Å². The molecule has 0 radical (unpaired) electrons. The van der Waals surface area contributed by atoms with Crippen LogP contribution in [0.2, 0.25) is 0 Å². The number of benzene rings is 2. The molecule has 1 aliphatic rings. The zero-order valence-electron chi connectivity index (χ0n) is 13.3. The molecular weight excluding hydrogens is 389 g/mol. The van der Waals surface area contributed by atoms with Crippen LogP contribution in [0.4, 0.5) is 4.39 Å². The fraction of sp³-hybridized carbons (Fsp3) is 0.158. The standard InChI is InChI=1S/C19H15BrFNO3/c1-12-15-4-2-3-5-16(15)19(24)22(12)9-8-18(23)25-11-13-6-7-14(20)10-17(13)21/h2-7,10H,1,8-9,11H2. The van der Waals surface area contributed by atoms with Crippen molar-refractivity contribution in [3.05, 3.63) is 76.0 Å². The first kappa shape index (κ1) is 17.4. The molecule has 0 atom stereocenters. The van der Waals surface area contributed by atoms with Crippen molar-refractivity contribution in [2.75, 3.05) is 6.54 Å². The molecule has 0 bridgehead atoms.